The fourth-order valence-corrected chi connectivity index (χ4v) is 2.82. The molecule has 1 aromatic carbocycles. The van der Waals surface area contributed by atoms with Gasteiger partial charge in [-0.05, 0) is 12.1 Å². The van der Waals surface area contributed by atoms with E-state index >= 15 is 0 Å². The fourth-order valence-electron chi connectivity index (χ4n) is 1.86. The molecule has 82 valence electrons. The summed E-state index contributed by atoms with van der Waals surface area (Å²) >= 11 is 1.71. The van der Waals surface area contributed by atoms with E-state index in [0.29, 0.717) is 5.25 Å². The zero-order chi connectivity index (χ0) is 11.1. The largest absolute Gasteiger partial charge is 0.301 e. The quantitative estimate of drug-likeness (QED) is 0.761. The first-order valence-electron chi connectivity index (χ1n) is 5.10. The Bertz CT molecular complexity index is 538. The van der Waals surface area contributed by atoms with E-state index < -0.39 is 0 Å². The van der Waals surface area contributed by atoms with Gasteiger partial charge in [0.2, 0.25) is 0 Å². The lowest BCUT2D eigenvalue weighted by atomic mass is 10.2. The van der Waals surface area contributed by atoms with Gasteiger partial charge in [-0.1, -0.05) is 30.8 Å². The van der Waals surface area contributed by atoms with Gasteiger partial charge in [-0.2, -0.15) is 0 Å². The highest BCUT2D eigenvalue weighted by Crippen LogP contribution is 2.33. The Labute approximate surface area is 96.7 Å². The van der Waals surface area contributed by atoms with Crippen molar-refractivity contribution in [2.45, 2.75) is 23.9 Å². The van der Waals surface area contributed by atoms with Crippen molar-refractivity contribution in [2.24, 2.45) is 0 Å². The summed E-state index contributed by atoms with van der Waals surface area (Å²) in [5, 5.41) is 9.65. The average Bonchev–Trinajstić information content (AvgIpc) is 2.76. The molecule has 1 aromatic heterocycles. The molecule has 0 amide bonds. The molecule has 2 heterocycles. The van der Waals surface area contributed by atoms with Crippen LogP contribution in [0, 0.1) is 5.82 Å². The maximum absolute atomic E-state index is 13.1. The number of hydrogen-bond acceptors (Lipinski definition) is 3. The number of nitrogens with zero attached hydrogens (tertiary/aromatic N) is 3. The molecule has 3 nitrogen and oxygen atoms in total. The van der Waals surface area contributed by atoms with Crippen LogP contribution in [0.1, 0.15) is 6.92 Å². The fraction of sp³-hybridized carbons (Fsp3) is 0.273. The first kappa shape index (κ1) is 9.84. The van der Waals surface area contributed by atoms with Crippen molar-refractivity contribution in [2.75, 3.05) is 0 Å². The van der Waals surface area contributed by atoms with Crippen molar-refractivity contribution in [1.29, 1.82) is 0 Å². The zero-order valence-electron chi connectivity index (χ0n) is 8.72. The van der Waals surface area contributed by atoms with Crippen LogP contribution in [0.15, 0.2) is 29.4 Å². The maximum atomic E-state index is 13.1. The van der Waals surface area contributed by atoms with Crippen LogP contribution in [-0.2, 0) is 6.54 Å². The highest BCUT2D eigenvalue weighted by Gasteiger charge is 2.24. The Balaban J connectivity index is 2.08. The Hall–Kier alpha value is -1.36. The molecule has 0 saturated carbocycles. The third-order valence-corrected chi connectivity index (χ3v) is 3.61. The molecule has 16 heavy (non-hydrogen) atoms. The van der Waals surface area contributed by atoms with Gasteiger partial charge < -0.3 is 4.57 Å². The summed E-state index contributed by atoms with van der Waals surface area (Å²) in [5.74, 6) is 0.514. The third-order valence-electron chi connectivity index (χ3n) is 2.55. The minimum atomic E-state index is -0.242. The average molecular weight is 235 g/mol. The van der Waals surface area contributed by atoms with E-state index in [2.05, 4.69) is 17.1 Å². The van der Waals surface area contributed by atoms with Gasteiger partial charge in [-0.3, -0.25) is 0 Å². The van der Waals surface area contributed by atoms with Crippen LogP contribution < -0.4 is 0 Å². The maximum Gasteiger partial charge on any atom is 0.191 e. The summed E-state index contributed by atoms with van der Waals surface area (Å²) in [7, 11) is 0. The molecular formula is C11H10FN3S. The predicted molar refractivity (Wildman–Crippen MR) is 60.7 cm³/mol. The number of benzene rings is 1. The van der Waals surface area contributed by atoms with Crippen molar-refractivity contribution in [1.82, 2.24) is 14.8 Å². The first-order chi connectivity index (χ1) is 7.74. The molecule has 2 aromatic rings. The van der Waals surface area contributed by atoms with E-state index in [1.165, 1.54) is 12.1 Å². The van der Waals surface area contributed by atoms with Crippen LogP contribution in [0.5, 0.6) is 0 Å². The monoisotopic (exact) mass is 235 g/mol. The number of fused-ring (bicyclic) bond motifs is 1. The van der Waals surface area contributed by atoms with E-state index in [0.717, 1.165) is 23.1 Å². The number of thioether (sulfide) groups is 1. The van der Waals surface area contributed by atoms with Crippen LogP contribution in [0.25, 0.3) is 11.4 Å². The van der Waals surface area contributed by atoms with Crippen molar-refractivity contribution < 1.29 is 4.39 Å². The van der Waals surface area contributed by atoms with Gasteiger partial charge in [-0.15, -0.1) is 10.2 Å². The Morgan fingerprint density at radius 3 is 3.12 bits per heavy atom. The summed E-state index contributed by atoms with van der Waals surface area (Å²) < 4.78 is 15.2. The third kappa shape index (κ3) is 1.51. The lowest BCUT2D eigenvalue weighted by molar-refractivity contribution is 0.627. The summed E-state index contributed by atoms with van der Waals surface area (Å²) in [6.07, 6.45) is 0. The standard InChI is InChI=1S/C11H10FN3S/c1-7-6-15-10(13-14-11(15)16-7)8-3-2-4-9(12)5-8/h2-5,7H,6H2,1H3. The van der Waals surface area contributed by atoms with Crippen molar-refractivity contribution in [3.05, 3.63) is 30.1 Å². The van der Waals surface area contributed by atoms with Crippen LogP contribution in [0.3, 0.4) is 0 Å². The molecule has 3 rings (SSSR count). The van der Waals surface area contributed by atoms with Crippen LogP contribution in [-0.4, -0.2) is 20.0 Å². The van der Waals surface area contributed by atoms with Crippen molar-refractivity contribution in [3.8, 4) is 11.4 Å². The smallest absolute Gasteiger partial charge is 0.191 e. The Kier molecular flexibility index (Phi) is 2.21. The van der Waals surface area contributed by atoms with E-state index in [9.17, 15) is 4.39 Å². The van der Waals surface area contributed by atoms with Crippen molar-refractivity contribution >= 4 is 11.8 Å². The molecule has 1 aliphatic heterocycles. The second-order valence-corrected chi connectivity index (χ2v) is 5.26. The topological polar surface area (TPSA) is 30.7 Å². The molecule has 1 aliphatic rings. The molecule has 0 radical (unpaired) electrons. The molecule has 1 unspecified atom stereocenters. The molecule has 0 saturated heterocycles. The number of rotatable bonds is 1. The minimum Gasteiger partial charge on any atom is -0.301 e. The van der Waals surface area contributed by atoms with Crippen LogP contribution in [0.2, 0.25) is 0 Å². The number of aromatic nitrogens is 3. The second kappa shape index (κ2) is 3.59. The Morgan fingerprint density at radius 2 is 2.31 bits per heavy atom. The second-order valence-electron chi connectivity index (χ2n) is 3.86. The molecule has 0 bridgehead atoms. The van der Waals surface area contributed by atoms with E-state index in [4.69, 9.17) is 0 Å². The minimum absolute atomic E-state index is 0.242. The molecule has 0 fully saturated rings. The van der Waals surface area contributed by atoms with Gasteiger partial charge in [-0.25, -0.2) is 4.39 Å². The van der Waals surface area contributed by atoms with Gasteiger partial charge in [0.25, 0.3) is 0 Å². The normalized spacial score (nSPS) is 18.8. The van der Waals surface area contributed by atoms with Gasteiger partial charge in [0, 0.05) is 17.4 Å². The summed E-state index contributed by atoms with van der Waals surface area (Å²) in [6.45, 7) is 3.04. The highest BCUT2D eigenvalue weighted by molar-refractivity contribution is 7.99. The lowest BCUT2D eigenvalue weighted by Gasteiger charge is -2.03. The van der Waals surface area contributed by atoms with Crippen LogP contribution >= 0.6 is 11.8 Å². The van der Waals surface area contributed by atoms with Crippen LogP contribution in [0.4, 0.5) is 4.39 Å². The van der Waals surface area contributed by atoms with Gasteiger partial charge in [0.15, 0.2) is 11.0 Å². The lowest BCUT2D eigenvalue weighted by Crippen LogP contribution is -2.02. The van der Waals surface area contributed by atoms with Gasteiger partial charge in [0.1, 0.15) is 5.82 Å². The van der Waals surface area contributed by atoms with E-state index in [1.807, 2.05) is 10.6 Å². The molecule has 0 aliphatic carbocycles. The van der Waals surface area contributed by atoms with Gasteiger partial charge >= 0.3 is 0 Å². The number of hydrogen-bond donors (Lipinski definition) is 0. The first-order valence-corrected chi connectivity index (χ1v) is 5.98. The molecule has 1 atom stereocenters. The van der Waals surface area contributed by atoms with Crippen molar-refractivity contribution in [3.63, 3.8) is 0 Å². The number of halogens is 1. The summed E-state index contributed by atoms with van der Waals surface area (Å²) in [4.78, 5) is 0. The summed E-state index contributed by atoms with van der Waals surface area (Å²) in [5.41, 5.74) is 0.786. The molecule has 0 N–H and O–H groups in total. The highest BCUT2D eigenvalue weighted by atomic mass is 32.2. The van der Waals surface area contributed by atoms with Gasteiger partial charge in [0.05, 0.1) is 0 Å². The molecular weight excluding hydrogens is 225 g/mol. The molecule has 0 spiro atoms. The van der Waals surface area contributed by atoms with E-state index in [-0.39, 0.29) is 5.82 Å². The molecule has 5 heteroatoms. The zero-order valence-corrected chi connectivity index (χ0v) is 9.54. The summed E-state index contributed by atoms with van der Waals surface area (Å²) in [6, 6.07) is 6.47. The predicted octanol–water partition coefficient (Wildman–Crippen LogP) is 2.58. The Morgan fingerprint density at radius 1 is 1.44 bits per heavy atom. The van der Waals surface area contributed by atoms with E-state index in [1.54, 1.807) is 17.8 Å². The SMILES string of the molecule is CC1Cn2c(nnc2-c2cccc(F)c2)S1.